The Hall–Kier alpha value is -1.78. The molecular weight excluding hydrogens is 280 g/mol. The average Bonchev–Trinajstić information content (AvgIpc) is 2.95. The summed E-state index contributed by atoms with van der Waals surface area (Å²) in [4.78, 5) is 3.82. The second-order valence-corrected chi connectivity index (χ2v) is 5.24. The molecule has 2 aromatic rings. The van der Waals surface area contributed by atoms with E-state index < -0.39 is 30.2 Å². The summed E-state index contributed by atoms with van der Waals surface area (Å²) in [6.07, 6.45) is -1.41. The van der Waals surface area contributed by atoms with Gasteiger partial charge < -0.3 is 30.9 Å². The van der Waals surface area contributed by atoms with Crippen LogP contribution in [0.2, 0.25) is 0 Å². The Morgan fingerprint density at radius 1 is 1.43 bits per heavy atom. The number of rotatable bonds is 2. The Labute approximate surface area is 119 Å². The van der Waals surface area contributed by atoms with E-state index in [4.69, 9.17) is 10.5 Å². The van der Waals surface area contributed by atoms with Crippen LogP contribution < -0.4 is 5.73 Å². The van der Waals surface area contributed by atoms with Crippen molar-refractivity contribution in [1.82, 2.24) is 14.6 Å². The summed E-state index contributed by atoms with van der Waals surface area (Å²) in [7, 11) is 0. The zero-order chi connectivity index (χ0) is 15.4. The van der Waals surface area contributed by atoms with Crippen LogP contribution in [0.4, 0.5) is 5.82 Å². The standard InChI is InChI=1S/C12H16N4O5/c1-11(19)9(18)7(4-17)21-12(11,20)8-3-2-6-10(13)14-5-15-16(6)8/h2-3,5,7,9,17-20H,4H2,1H3,(H2,13,14,15)/t7-,9?,11-,12?/m1/s1. The minimum Gasteiger partial charge on any atom is -0.394 e. The fourth-order valence-corrected chi connectivity index (χ4v) is 2.63. The van der Waals surface area contributed by atoms with Crippen LogP contribution in [0.15, 0.2) is 18.5 Å². The van der Waals surface area contributed by atoms with Crippen LogP contribution in [0.5, 0.6) is 0 Å². The Balaban J connectivity index is 2.19. The Kier molecular flexibility index (Phi) is 2.94. The minimum atomic E-state index is -2.26. The molecule has 9 heteroatoms. The topological polar surface area (TPSA) is 146 Å². The predicted molar refractivity (Wildman–Crippen MR) is 69.9 cm³/mol. The SMILES string of the molecule is C[C@@]1(O)C(O)[C@@H](CO)OC1(O)c1ccc2c(N)ncnn12. The first-order chi connectivity index (χ1) is 9.83. The molecule has 114 valence electrons. The number of fused-ring (bicyclic) bond motifs is 1. The first kappa shape index (κ1) is 14.2. The Morgan fingerprint density at radius 2 is 2.14 bits per heavy atom. The number of aliphatic hydroxyl groups excluding tert-OH is 2. The number of nitrogen functional groups attached to an aromatic ring is 1. The highest BCUT2D eigenvalue weighted by molar-refractivity contribution is 5.65. The Morgan fingerprint density at radius 3 is 2.76 bits per heavy atom. The van der Waals surface area contributed by atoms with Gasteiger partial charge >= 0.3 is 0 Å². The van der Waals surface area contributed by atoms with Gasteiger partial charge in [-0.2, -0.15) is 5.10 Å². The number of nitrogens with two attached hydrogens (primary N) is 1. The van der Waals surface area contributed by atoms with Crippen LogP contribution in [-0.4, -0.2) is 59.4 Å². The lowest BCUT2D eigenvalue weighted by Gasteiger charge is -2.33. The molecule has 0 spiro atoms. The number of aromatic nitrogens is 3. The first-order valence-electron chi connectivity index (χ1n) is 6.33. The minimum absolute atomic E-state index is 0.0756. The third-order valence-electron chi connectivity index (χ3n) is 3.95. The van der Waals surface area contributed by atoms with Crippen molar-refractivity contribution in [3.63, 3.8) is 0 Å². The maximum Gasteiger partial charge on any atom is 0.242 e. The number of aliphatic hydroxyl groups is 4. The molecule has 3 rings (SSSR count). The lowest BCUT2D eigenvalue weighted by atomic mass is 9.88. The molecule has 0 aromatic carbocycles. The quantitative estimate of drug-likeness (QED) is 0.426. The van der Waals surface area contributed by atoms with E-state index in [0.29, 0.717) is 5.52 Å². The number of hydrogen-bond acceptors (Lipinski definition) is 8. The summed E-state index contributed by atoms with van der Waals surface area (Å²) >= 11 is 0. The van der Waals surface area contributed by atoms with Crippen LogP contribution >= 0.6 is 0 Å². The molecule has 0 amide bonds. The molecule has 0 saturated carbocycles. The zero-order valence-electron chi connectivity index (χ0n) is 11.2. The summed E-state index contributed by atoms with van der Waals surface area (Å²) in [6, 6.07) is 3.02. The van der Waals surface area contributed by atoms with Crippen molar-refractivity contribution in [2.24, 2.45) is 0 Å². The number of anilines is 1. The van der Waals surface area contributed by atoms with E-state index in [0.717, 1.165) is 0 Å². The van der Waals surface area contributed by atoms with Crippen molar-refractivity contribution in [1.29, 1.82) is 0 Å². The molecule has 6 N–H and O–H groups in total. The van der Waals surface area contributed by atoms with Crippen LogP contribution in [-0.2, 0) is 10.5 Å². The fourth-order valence-electron chi connectivity index (χ4n) is 2.63. The van der Waals surface area contributed by atoms with E-state index in [9.17, 15) is 20.4 Å². The van der Waals surface area contributed by atoms with Gasteiger partial charge in [0.2, 0.25) is 5.79 Å². The Bertz CT molecular complexity index is 687. The van der Waals surface area contributed by atoms with E-state index in [1.54, 1.807) is 6.07 Å². The summed E-state index contributed by atoms with van der Waals surface area (Å²) in [5, 5.41) is 44.4. The number of nitrogens with zero attached hydrogens (tertiary/aromatic N) is 3. The van der Waals surface area contributed by atoms with Gasteiger partial charge in [0.25, 0.3) is 0 Å². The lowest BCUT2D eigenvalue weighted by molar-refractivity contribution is -0.275. The van der Waals surface area contributed by atoms with Crippen LogP contribution in [0.1, 0.15) is 12.6 Å². The molecule has 0 aliphatic carbocycles. The smallest absolute Gasteiger partial charge is 0.242 e. The van der Waals surface area contributed by atoms with Gasteiger partial charge in [-0.05, 0) is 19.1 Å². The van der Waals surface area contributed by atoms with E-state index in [-0.39, 0.29) is 11.5 Å². The van der Waals surface area contributed by atoms with Gasteiger partial charge in [0.05, 0.1) is 6.61 Å². The van der Waals surface area contributed by atoms with Crippen LogP contribution in [0, 0.1) is 0 Å². The third kappa shape index (κ3) is 1.69. The molecule has 9 nitrogen and oxygen atoms in total. The van der Waals surface area contributed by atoms with Crippen molar-refractivity contribution in [2.75, 3.05) is 12.3 Å². The van der Waals surface area contributed by atoms with Gasteiger partial charge in [-0.3, -0.25) is 0 Å². The van der Waals surface area contributed by atoms with Crippen LogP contribution in [0.25, 0.3) is 5.52 Å². The summed E-state index contributed by atoms with van der Waals surface area (Å²) in [5.74, 6) is -2.07. The van der Waals surface area contributed by atoms with Gasteiger partial charge in [-0.15, -0.1) is 0 Å². The molecule has 2 aromatic heterocycles. The van der Waals surface area contributed by atoms with E-state index in [1.165, 1.54) is 23.8 Å². The molecule has 0 bridgehead atoms. The van der Waals surface area contributed by atoms with Crippen molar-refractivity contribution in [2.45, 2.75) is 30.5 Å². The van der Waals surface area contributed by atoms with Gasteiger partial charge in [0.1, 0.15) is 35.3 Å². The van der Waals surface area contributed by atoms with Crippen molar-refractivity contribution in [3.05, 3.63) is 24.2 Å². The molecule has 1 aliphatic heterocycles. The van der Waals surface area contributed by atoms with Gasteiger partial charge in [-0.1, -0.05) is 0 Å². The summed E-state index contributed by atoms with van der Waals surface area (Å²) in [5.41, 5.74) is 4.16. The average molecular weight is 296 g/mol. The zero-order valence-corrected chi connectivity index (χ0v) is 11.2. The van der Waals surface area contributed by atoms with E-state index in [2.05, 4.69) is 10.1 Å². The fraction of sp³-hybridized carbons (Fsp3) is 0.500. The number of hydrogen-bond donors (Lipinski definition) is 5. The molecule has 2 unspecified atom stereocenters. The molecule has 0 radical (unpaired) electrons. The van der Waals surface area contributed by atoms with Gasteiger partial charge in [-0.25, -0.2) is 9.50 Å². The maximum atomic E-state index is 10.8. The highest BCUT2D eigenvalue weighted by Gasteiger charge is 2.64. The van der Waals surface area contributed by atoms with Crippen molar-refractivity contribution < 1.29 is 25.2 Å². The molecule has 1 aliphatic rings. The molecule has 4 atom stereocenters. The summed E-state index contributed by atoms with van der Waals surface area (Å²) in [6.45, 7) is 0.664. The van der Waals surface area contributed by atoms with Gasteiger partial charge in [0.15, 0.2) is 5.82 Å². The normalized spacial score (nSPS) is 36.4. The van der Waals surface area contributed by atoms with E-state index >= 15 is 0 Å². The number of ether oxygens (including phenoxy) is 1. The highest BCUT2D eigenvalue weighted by atomic mass is 16.7. The van der Waals surface area contributed by atoms with E-state index in [1.807, 2.05) is 0 Å². The summed E-state index contributed by atoms with van der Waals surface area (Å²) < 4.78 is 6.57. The highest BCUT2D eigenvalue weighted by Crippen LogP contribution is 2.45. The lowest BCUT2D eigenvalue weighted by Crippen LogP contribution is -2.53. The second-order valence-electron chi connectivity index (χ2n) is 5.24. The maximum absolute atomic E-state index is 10.8. The second kappa shape index (κ2) is 4.36. The van der Waals surface area contributed by atoms with Crippen molar-refractivity contribution in [3.8, 4) is 0 Å². The molecule has 21 heavy (non-hydrogen) atoms. The predicted octanol–water partition coefficient (Wildman–Crippen LogP) is -2.04. The first-order valence-corrected chi connectivity index (χ1v) is 6.33. The van der Waals surface area contributed by atoms with Gasteiger partial charge in [0, 0.05) is 0 Å². The monoisotopic (exact) mass is 296 g/mol. The largest absolute Gasteiger partial charge is 0.394 e. The van der Waals surface area contributed by atoms with Crippen LogP contribution in [0.3, 0.4) is 0 Å². The molecule has 1 saturated heterocycles. The molecular formula is C12H16N4O5. The van der Waals surface area contributed by atoms with Crippen molar-refractivity contribution >= 4 is 11.3 Å². The third-order valence-corrected chi connectivity index (χ3v) is 3.95. The molecule has 1 fully saturated rings. The molecule has 3 heterocycles.